The van der Waals surface area contributed by atoms with Gasteiger partial charge >= 0.3 is 0 Å². The van der Waals surface area contributed by atoms with E-state index >= 15 is 0 Å². The van der Waals surface area contributed by atoms with Gasteiger partial charge in [-0.05, 0) is 34.1 Å². The average molecular weight is 481 g/mol. The molecule has 8 heteroatoms. The molecular formula is C20H21BrN2O3S2. The Labute approximate surface area is 177 Å². The Bertz CT molecular complexity index is 1050. The molecule has 0 saturated carbocycles. The van der Waals surface area contributed by atoms with E-state index in [2.05, 4.69) is 20.8 Å². The van der Waals surface area contributed by atoms with Crippen molar-refractivity contribution >= 4 is 52.4 Å². The number of benzene rings is 2. The number of ether oxygens (including phenoxy) is 1. The first-order valence-electron chi connectivity index (χ1n) is 9.12. The van der Waals surface area contributed by atoms with Crippen molar-refractivity contribution in [2.75, 3.05) is 43.7 Å². The predicted octanol–water partition coefficient (Wildman–Crippen LogP) is 4.19. The van der Waals surface area contributed by atoms with Crippen molar-refractivity contribution in [3.63, 3.8) is 0 Å². The molecule has 0 N–H and O–H groups in total. The molecule has 1 aliphatic heterocycles. The molecule has 148 valence electrons. The molecule has 0 atom stereocenters. The van der Waals surface area contributed by atoms with Crippen LogP contribution in [0.1, 0.15) is 0 Å². The second-order valence-corrected chi connectivity index (χ2v) is 10.2. The van der Waals surface area contributed by atoms with Crippen LogP contribution in [-0.4, -0.2) is 52.7 Å². The summed E-state index contributed by atoms with van der Waals surface area (Å²) in [6.07, 6.45) is 0. The van der Waals surface area contributed by atoms with Gasteiger partial charge in [0.2, 0.25) is 0 Å². The maximum Gasteiger partial charge on any atom is 0.265 e. The third-order valence-corrected chi connectivity index (χ3v) is 8.99. The summed E-state index contributed by atoms with van der Waals surface area (Å²) in [6, 6.07) is 16.6. The largest absolute Gasteiger partial charge is 0.379 e. The van der Waals surface area contributed by atoms with Crippen LogP contribution in [0.25, 0.3) is 10.1 Å². The number of rotatable bonds is 6. The summed E-state index contributed by atoms with van der Waals surface area (Å²) in [4.78, 5) is 2.56. The number of thiophene rings is 1. The molecule has 0 unspecified atom stereocenters. The van der Waals surface area contributed by atoms with E-state index in [-0.39, 0.29) is 0 Å². The normalized spacial score (nSPS) is 15.8. The zero-order chi connectivity index (χ0) is 19.6. The highest BCUT2D eigenvalue weighted by molar-refractivity contribution is 9.10. The second-order valence-electron chi connectivity index (χ2n) is 6.56. The van der Waals surface area contributed by atoms with Crippen LogP contribution in [0, 0.1) is 0 Å². The van der Waals surface area contributed by atoms with E-state index in [1.54, 1.807) is 28.6 Å². The first-order chi connectivity index (χ1) is 13.6. The fourth-order valence-electron chi connectivity index (χ4n) is 3.27. The van der Waals surface area contributed by atoms with Crippen LogP contribution in [0.3, 0.4) is 0 Å². The number of fused-ring (bicyclic) bond motifs is 1. The minimum atomic E-state index is -3.67. The lowest BCUT2D eigenvalue weighted by molar-refractivity contribution is 0.0395. The van der Waals surface area contributed by atoms with Gasteiger partial charge in [-0.15, -0.1) is 11.3 Å². The van der Waals surface area contributed by atoms with Crippen LogP contribution in [0.2, 0.25) is 0 Å². The van der Waals surface area contributed by atoms with Crippen molar-refractivity contribution in [2.45, 2.75) is 4.90 Å². The molecule has 0 radical (unpaired) electrons. The molecule has 1 saturated heterocycles. The van der Waals surface area contributed by atoms with E-state index in [4.69, 9.17) is 4.74 Å². The van der Waals surface area contributed by atoms with E-state index in [1.807, 2.05) is 30.3 Å². The fraction of sp³-hybridized carbons (Fsp3) is 0.300. The Morgan fingerprint density at radius 3 is 2.43 bits per heavy atom. The third kappa shape index (κ3) is 3.97. The second kappa shape index (κ2) is 8.51. The first kappa shape index (κ1) is 19.8. The topological polar surface area (TPSA) is 49.9 Å². The van der Waals surface area contributed by atoms with Crippen molar-refractivity contribution in [3.05, 3.63) is 59.1 Å². The Morgan fingerprint density at radius 1 is 1.04 bits per heavy atom. The van der Waals surface area contributed by atoms with E-state index in [9.17, 15) is 8.42 Å². The van der Waals surface area contributed by atoms with Gasteiger partial charge < -0.3 is 4.74 Å². The zero-order valence-electron chi connectivity index (χ0n) is 15.3. The van der Waals surface area contributed by atoms with Crippen LogP contribution >= 0.6 is 27.3 Å². The lowest BCUT2D eigenvalue weighted by Crippen LogP contribution is -2.43. The molecule has 1 fully saturated rings. The Balaban J connectivity index is 1.73. The summed E-state index contributed by atoms with van der Waals surface area (Å²) in [6.45, 7) is 4.09. The van der Waals surface area contributed by atoms with Crippen LogP contribution in [0.5, 0.6) is 0 Å². The van der Waals surface area contributed by atoms with Gasteiger partial charge in [-0.1, -0.05) is 36.4 Å². The van der Waals surface area contributed by atoms with Crippen LogP contribution in [0.15, 0.2) is 64.0 Å². The molecule has 2 aromatic carbocycles. The minimum Gasteiger partial charge on any atom is -0.379 e. The molecule has 0 bridgehead atoms. The lowest BCUT2D eigenvalue weighted by atomic mass is 10.3. The van der Waals surface area contributed by atoms with E-state index < -0.39 is 10.0 Å². The SMILES string of the molecule is O=S(=O)(c1ccccc1)N(CCN1CCOCC1)c1sc2ccccc2c1Br. The highest BCUT2D eigenvalue weighted by Gasteiger charge is 2.29. The Morgan fingerprint density at radius 2 is 1.71 bits per heavy atom. The van der Waals surface area contributed by atoms with Crippen molar-refractivity contribution in [3.8, 4) is 0 Å². The van der Waals surface area contributed by atoms with Crippen molar-refractivity contribution in [1.82, 2.24) is 4.90 Å². The van der Waals surface area contributed by atoms with Crippen molar-refractivity contribution in [1.29, 1.82) is 0 Å². The Hall–Kier alpha value is -1.45. The standard InChI is InChI=1S/C20H21BrN2O3S2/c21-19-17-8-4-5-9-18(17)27-20(19)23(11-10-22-12-14-26-15-13-22)28(24,25)16-6-2-1-3-7-16/h1-9H,10-15H2. The van der Waals surface area contributed by atoms with Gasteiger partial charge in [0.1, 0.15) is 5.00 Å². The van der Waals surface area contributed by atoms with Gasteiger partial charge in [-0.3, -0.25) is 9.21 Å². The number of halogens is 1. The third-order valence-electron chi connectivity index (χ3n) is 4.80. The summed E-state index contributed by atoms with van der Waals surface area (Å²) in [7, 11) is -3.67. The van der Waals surface area contributed by atoms with E-state index in [1.165, 1.54) is 11.3 Å². The quantitative estimate of drug-likeness (QED) is 0.530. The van der Waals surface area contributed by atoms with Crippen molar-refractivity contribution < 1.29 is 13.2 Å². The smallest absolute Gasteiger partial charge is 0.265 e. The molecule has 2 heterocycles. The molecule has 28 heavy (non-hydrogen) atoms. The summed E-state index contributed by atoms with van der Waals surface area (Å²) >= 11 is 5.15. The van der Waals surface area contributed by atoms with Gasteiger partial charge in [-0.2, -0.15) is 0 Å². The summed E-state index contributed by atoms with van der Waals surface area (Å²) in [5.41, 5.74) is 0. The number of anilines is 1. The van der Waals surface area contributed by atoms with E-state index in [0.717, 1.165) is 32.6 Å². The molecular weight excluding hydrogens is 460 g/mol. The number of hydrogen-bond acceptors (Lipinski definition) is 5. The van der Waals surface area contributed by atoms with Gasteiger partial charge in [0.15, 0.2) is 0 Å². The molecule has 0 amide bonds. The minimum absolute atomic E-state index is 0.307. The molecule has 0 spiro atoms. The maximum atomic E-state index is 13.5. The maximum absolute atomic E-state index is 13.5. The Kier molecular flexibility index (Phi) is 6.03. The van der Waals surface area contributed by atoms with Crippen LogP contribution in [0.4, 0.5) is 5.00 Å². The molecule has 4 rings (SSSR count). The lowest BCUT2D eigenvalue weighted by Gasteiger charge is -2.30. The molecule has 3 aromatic rings. The molecule has 1 aliphatic rings. The van der Waals surface area contributed by atoms with E-state index in [0.29, 0.717) is 31.2 Å². The average Bonchev–Trinajstić information content (AvgIpc) is 3.06. The molecule has 0 aliphatic carbocycles. The van der Waals surface area contributed by atoms with Gasteiger partial charge in [0, 0.05) is 36.3 Å². The van der Waals surface area contributed by atoms with Crippen molar-refractivity contribution in [2.24, 2.45) is 0 Å². The monoisotopic (exact) mass is 480 g/mol. The summed E-state index contributed by atoms with van der Waals surface area (Å²) in [5, 5.41) is 1.75. The molecule has 1 aromatic heterocycles. The fourth-order valence-corrected chi connectivity index (χ4v) is 7.14. The van der Waals surface area contributed by atoms with Gasteiger partial charge in [0.05, 0.1) is 22.6 Å². The zero-order valence-corrected chi connectivity index (χ0v) is 18.5. The number of morpholine rings is 1. The summed E-state index contributed by atoms with van der Waals surface area (Å²) < 4.78 is 35.8. The van der Waals surface area contributed by atoms with Crippen LogP contribution < -0.4 is 4.31 Å². The highest BCUT2D eigenvalue weighted by Crippen LogP contribution is 2.43. The highest BCUT2D eigenvalue weighted by atomic mass is 79.9. The van der Waals surface area contributed by atoms with Gasteiger partial charge in [-0.25, -0.2) is 8.42 Å². The van der Waals surface area contributed by atoms with Gasteiger partial charge in [0.25, 0.3) is 10.0 Å². The molecule has 5 nitrogen and oxygen atoms in total. The predicted molar refractivity (Wildman–Crippen MR) is 118 cm³/mol. The number of hydrogen-bond donors (Lipinski definition) is 0. The number of sulfonamides is 1. The number of nitrogens with zero attached hydrogens (tertiary/aromatic N) is 2. The summed E-state index contributed by atoms with van der Waals surface area (Å²) in [5.74, 6) is 0. The van der Waals surface area contributed by atoms with Crippen LogP contribution in [-0.2, 0) is 14.8 Å². The first-order valence-corrected chi connectivity index (χ1v) is 12.2.